The van der Waals surface area contributed by atoms with Crippen LogP contribution in [0, 0.1) is 6.92 Å². The predicted molar refractivity (Wildman–Crippen MR) is 99.8 cm³/mol. The van der Waals surface area contributed by atoms with Gasteiger partial charge in [0.25, 0.3) is 5.91 Å². The van der Waals surface area contributed by atoms with Crippen molar-refractivity contribution >= 4 is 57.6 Å². The number of benzene rings is 1. The molecule has 0 bridgehead atoms. The number of carbonyl (C=O) groups is 2. The monoisotopic (exact) mass is 358 g/mol. The van der Waals surface area contributed by atoms with Crippen molar-refractivity contribution in [2.45, 2.75) is 13.8 Å². The number of amides is 2. The van der Waals surface area contributed by atoms with Gasteiger partial charge in [0.15, 0.2) is 4.32 Å². The maximum Gasteiger partial charge on any atom is 0.270 e. The highest BCUT2D eigenvalue weighted by molar-refractivity contribution is 8.27. The summed E-state index contributed by atoms with van der Waals surface area (Å²) in [4.78, 5) is 25.7. The molecule has 0 atom stereocenters. The third-order valence-corrected chi connectivity index (χ3v) is 4.58. The molecule has 3 rings (SSSR count). The number of aryl methyl sites for hydroxylation is 1. The van der Waals surface area contributed by atoms with E-state index in [-0.39, 0.29) is 11.8 Å². The second-order valence-electron chi connectivity index (χ2n) is 5.19. The largest absolute Gasteiger partial charge is 0.462 e. The Balaban J connectivity index is 1.84. The van der Waals surface area contributed by atoms with Crippen LogP contribution >= 0.6 is 24.0 Å². The second kappa shape index (κ2) is 6.62. The van der Waals surface area contributed by atoms with Crippen LogP contribution in [-0.2, 0) is 9.59 Å². The van der Waals surface area contributed by atoms with Crippen LogP contribution in [0.15, 0.2) is 45.7 Å². The first-order chi connectivity index (χ1) is 11.4. The van der Waals surface area contributed by atoms with E-state index >= 15 is 0 Å². The molecule has 1 aromatic carbocycles. The van der Waals surface area contributed by atoms with Gasteiger partial charge in [-0.3, -0.25) is 14.5 Å². The summed E-state index contributed by atoms with van der Waals surface area (Å²) in [6.07, 6.45) is 1.69. The number of thioether (sulfide) groups is 1. The fourth-order valence-corrected chi connectivity index (χ4v) is 3.53. The van der Waals surface area contributed by atoms with E-state index in [1.165, 1.54) is 23.6 Å². The van der Waals surface area contributed by atoms with Gasteiger partial charge in [-0.1, -0.05) is 24.0 Å². The molecule has 1 N–H and O–H groups in total. The van der Waals surface area contributed by atoms with Gasteiger partial charge in [0.2, 0.25) is 5.91 Å². The van der Waals surface area contributed by atoms with Crippen molar-refractivity contribution in [3.05, 3.63) is 52.8 Å². The van der Waals surface area contributed by atoms with E-state index in [4.69, 9.17) is 16.6 Å². The van der Waals surface area contributed by atoms with Gasteiger partial charge in [-0.25, -0.2) is 0 Å². The zero-order valence-electron chi connectivity index (χ0n) is 13.0. The molecule has 5 nitrogen and oxygen atoms in total. The second-order valence-corrected chi connectivity index (χ2v) is 6.87. The molecule has 1 saturated heterocycles. The molecule has 7 heteroatoms. The van der Waals surface area contributed by atoms with Crippen molar-refractivity contribution in [1.82, 2.24) is 0 Å². The molecule has 24 heavy (non-hydrogen) atoms. The van der Waals surface area contributed by atoms with Crippen LogP contribution in [0.3, 0.4) is 0 Å². The van der Waals surface area contributed by atoms with Gasteiger partial charge in [-0.2, -0.15) is 0 Å². The Bertz CT molecular complexity index is 853. The highest BCUT2D eigenvalue weighted by Crippen LogP contribution is 2.36. The normalized spacial score (nSPS) is 16.1. The van der Waals surface area contributed by atoms with Crippen molar-refractivity contribution in [3.63, 3.8) is 0 Å². The first-order valence-electron chi connectivity index (χ1n) is 7.16. The molecule has 0 radical (unpaired) electrons. The molecule has 1 fully saturated rings. The minimum Gasteiger partial charge on any atom is -0.462 e. The van der Waals surface area contributed by atoms with E-state index in [1.54, 1.807) is 30.3 Å². The molecule has 0 spiro atoms. The van der Waals surface area contributed by atoms with Crippen LogP contribution in [-0.4, -0.2) is 16.1 Å². The molecule has 1 aliphatic rings. The number of hydrogen-bond donors (Lipinski definition) is 1. The Morgan fingerprint density at radius 3 is 2.54 bits per heavy atom. The number of furan rings is 1. The summed E-state index contributed by atoms with van der Waals surface area (Å²) in [7, 11) is 0. The Hall–Kier alpha value is -2.38. The molecule has 0 saturated carbocycles. The Morgan fingerprint density at radius 2 is 1.96 bits per heavy atom. The molecular formula is C17H14N2O3S2. The predicted octanol–water partition coefficient (Wildman–Crippen LogP) is 3.95. The Morgan fingerprint density at radius 1 is 1.25 bits per heavy atom. The average Bonchev–Trinajstić information content (AvgIpc) is 3.04. The first-order valence-corrected chi connectivity index (χ1v) is 8.38. The average molecular weight is 358 g/mol. The fourth-order valence-electron chi connectivity index (χ4n) is 2.25. The van der Waals surface area contributed by atoms with E-state index < -0.39 is 0 Å². The standard InChI is InChI=1S/C17H14N2O3S2/c1-10-3-8-14(22-10)9-15-16(21)19(17(23)24-15)13-6-4-12(5-7-13)18-11(2)20/h3-9H,1-2H3,(H,18,20)/b15-9+. The van der Waals surface area contributed by atoms with Gasteiger partial charge < -0.3 is 9.73 Å². The maximum atomic E-state index is 12.6. The Labute approximate surface area is 148 Å². The third-order valence-electron chi connectivity index (χ3n) is 3.27. The summed E-state index contributed by atoms with van der Waals surface area (Å²) in [6, 6.07) is 10.6. The van der Waals surface area contributed by atoms with E-state index in [0.717, 1.165) is 5.76 Å². The summed E-state index contributed by atoms with van der Waals surface area (Å²) in [5, 5.41) is 2.68. The first kappa shape index (κ1) is 16.5. The minimum absolute atomic E-state index is 0.148. The van der Waals surface area contributed by atoms with Crippen LogP contribution < -0.4 is 10.2 Å². The summed E-state index contributed by atoms with van der Waals surface area (Å²) in [5.74, 6) is 1.07. The molecule has 1 aliphatic heterocycles. The van der Waals surface area contributed by atoms with Gasteiger partial charge in [-0.15, -0.1) is 0 Å². The molecule has 122 valence electrons. The Kier molecular flexibility index (Phi) is 4.55. The summed E-state index contributed by atoms with van der Waals surface area (Å²) < 4.78 is 5.94. The lowest BCUT2D eigenvalue weighted by Crippen LogP contribution is -2.27. The molecule has 2 heterocycles. The van der Waals surface area contributed by atoms with Crippen molar-refractivity contribution in [1.29, 1.82) is 0 Å². The maximum absolute atomic E-state index is 12.6. The smallest absolute Gasteiger partial charge is 0.270 e. The number of anilines is 2. The summed E-state index contributed by atoms with van der Waals surface area (Å²) in [6.45, 7) is 3.29. The molecule has 2 amide bonds. The zero-order valence-corrected chi connectivity index (χ0v) is 14.7. The molecule has 0 aliphatic carbocycles. The number of carbonyl (C=O) groups excluding carboxylic acids is 2. The summed E-state index contributed by atoms with van der Waals surface area (Å²) >= 11 is 6.56. The minimum atomic E-state index is -0.189. The molecule has 1 aromatic heterocycles. The number of nitrogens with one attached hydrogen (secondary N) is 1. The third kappa shape index (κ3) is 3.42. The van der Waals surface area contributed by atoms with E-state index in [0.29, 0.717) is 26.4 Å². The lowest BCUT2D eigenvalue weighted by Gasteiger charge is -2.15. The number of thiocarbonyl (C=S) groups is 1. The molecule has 2 aromatic rings. The van der Waals surface area contributed by atoms with Crippen LogP contribution in [0.4, 0.5) is 11.4 Å². The van der Waals surface area contributed by atoms with Crippen LogP contribution in [0.5, 0.6) is 0 Å². The topological polar surface area (TPSA) is 62.6 Å². The van der Waals surface area contributed by atoms with E-state index in [9.17, 15) is 9.59 Å². The van der Waals surface area contributed by atoms with E-state index in [2.05, 4.69) is 5.32 Å². The number of hydrogen-bond acceptors (Lipinski definition) is 5. The van der Waals surface area contributed by atoms with Gasteiger partial charge >= 0.3 is 0 Å². The number of rotatable bonds is 3. The van der Waals surface area contributed by atoms with Crippen LogP contribution in [0.1, 0.15) is 18.4 Å². The lowest BCUT2D eigenvalue weighted by atomic mass is 10.2. The van der Waals surface area contributed by atoms with Gasteiger partial charge in [0, 0.05) is 18.7 Å². The summed E-state index contributed by atoms with van der Waals surface area (Å²) in [5.41, 5.74) is 1.32. The zero-order chi connectivity index (χ0) is 17.3. The van der Waals surface area contributed by atoms with Crippen LogP contribution in [0.25, 0.3) is 6.08 Å². The van der Waals surface area contributed by atoms with Gasteiger partial charge in [-0.05, 0) is 43.3 Å². The van der Waals surface area contributed by atoms with Crippen molar-refractivity contribution in [3.8, 4) is 0 Å². The van der Waals surface area contributed by atoms with Gasteiger partial charge in [0.1, 0.15) is 11.5 Å². The number of nitrogens with zero attached hydrogens (tertiary/aromatic N) is 1. The highest BCUT2D eigenvalue weighted by atomic mass is 32.2. The van der Waals surface area contributed by atoms with E-state index in [1.807, 2.05) is 19.1 Å². The fraction of sp³-hybridized carbons (Fsp3) is 0.118. The highest BCUT2D eigenvalue weighted by Gasteiger charge is 2.33. The van der Waals surface area contributed by atoms with Crippen LogP contribution in [0.2, 0.25) is 0 Å². The molecular weight excluding hydrogens is 344 g/mol. The van der Waals surface area contributed by atoms with Gasteiger partial charge in [0.05, 0.1) is 10.6 Å². The van der Waals surface area contributed by atoms with Crippen molar-refractivity contribution in [2.24, 2.45) is 0 Å². The SMILES string of the molecule is CC(=O)Nc1ccc(N2C(=O)/C(=C\c3ccc(C)o3)SC2=S)cc1. The van der Waals surface area contributed by atoms with Crippen molar-refractivity contribution in [2.75, 3.05) is 10.2 Å². The quantitative estimate of drug-likeness (QED) is 0.665. The van der Waals surface area contributed by atoms with Crippen molar-refractivity contribution < 1.29 is 14.0 Å². The lowest BCUT2D eigenvalue weighted by molar-refractivity contribution is -0.114. The molecule has 0 unspecified atom stereocenters.